The highest BCUT2D eigenvalue weighted by Crippen LogP contribution is 2.45. The third-order valence-electron chi connectivity index (χ3n) is 12.5. The fraction of sp³-hybridized carbons (Fsp3) is 0.118. The van der Waals surface area contributed by atoms with Crippen LogP contribution in [0, 0.1) is 29.1 Å². The summed E-state index contributed by atoms with van der Waals surface area (Å²) in [6, 6.07) is 26.6. The van der Waals surface area contributed by atoms with Crippen molar-refractivity contribution in [3.05, 3.63) is 210 Å². The summed E-state index contributed by atoms with van der Waals surface area (Å²) in [5, 5.41) is 2.95. The minimum absolute atomic E-state index is 0.0177. The van der Waals surface area contributed by atoms with Gasteiger partial charge in [-0.2, -0.15) is 0 Å². The molecule has 0 aliphatic heterocycles. The zero-order valence-electron chi connectivity index (χ0n) is 33.3. The van der Waals surface area contributed by atoms with Gasteiger partial charge in [0.2, 0.25) is 0 Å². The van der Waals surface area contributed by atoms with Gasteiger partial charge < -0.3 is 15.0 Å². The van der Waals surface area contributed by atoms with Crippen molar-refractivity contribution in [1.29, 1.82) is 0 Å². The van der Waals surface area contributed by atoms with Crippen LogP contribution >= 0.6 is 27.5 Å². The van der Waals surface area contributed by atoms with E-state index in [1.165, 1.54) is 42.5 Å². The van der Waals surface area contributed by atoms with Crippen molar-refractivity contribution in [2.75, 3.05) is 0 Å². The van der Waals surface area contributed by atoms with Crippen LogP contribution in [0.2, 0.25) is 5.02 Å². The number of H-pyrrole nitrogens is 3. The second-order valence-electron chi connectivity index (χ2n) is 16.1. The zero-order chi connectivity index (χ0) is 44.6. The first-order valence-electron chi connectivity index (χ1n) is 20.3. The fourth-order valence-electron chi connectivity index (χ4n) is 9.60. The Morgan fingerprint density at radius 2 is 1.02 bits per heavy atom. The van der Waals surface area contributed by atoms with Crippen molar-refractivity contribution in [1.82, 2.24) is 15.0 Å². The highest BCUT2D eigenvalue weighted by atomic mass is 79.9. The summed E-state index contributed by atoms with van der Waals surface area (Å²) >= 11 is 9.75. The molecule has 6 nitrogen and oxygen atoms in total. The van der Waals surface area contributed by atoms with Gasteiger partial charge >= 0.3 is 0 Å². The van der Waals surface area contributed by atoms with E-state index in [1.54, 1.807) is 24.4 Å². The summed E-state index contributed by atoms with van der Waals surface area (Å²) in [6.45, 7) is 0. The molecule has 12 rings (SSSR count). The molecule has 0 saturated carbocycles. The predicted octanol–water partition coefficient (Wildman–Crippen LogP) is 13.8. The van der Waals surface area contributed by atoms with Crippen LogP contribution in [0.25, 0.3) is 32.7 Å². The molecular formula is C51H32BrClF5N3O3. The Kier molecular flexibility index (Phi) is 10.5. The first kappa shape index (κ1) is 41.4. The SMILES string of the molecule is O=C1CC(c2c[nH]c3cc(Br)ccc23)c2cc(F)ccc21.O=C1CC(c2c[nH]c3cc(F)cc(F)c23)c2ccc(F)cc21.O=C1CC(c2c[nH]c3cccc(Cl)c23)c2ccc(F)cc21. The van der Waals surface area contributed by atoms with Crippen molar-refractivity contribution < 1.29 is 36.3 Å². The third-order valence-corrected chi connectivity index (χ3v) is 13.3. The Hall–Kier alpha value is -6.63. The monoisotopic (exact) mass is 943 g/mol. The summed E-state index contributed by atoms with van der Waals surface area (Å²) in [7, 11) is 0. The number of hydrogen-bond donors (Lipinski definition) is 3. The Balaban J connectivity index is 0.000000114. The average Bonchev–Trinajstić information content (AvgIpc) is 4.13. The summed E-state index contributed by atoms with van der Waals surface area (Å²) in [6.07, 6.45) is 6.33. The van der Waals surface area contributed by atoms with Crippen LogP contribution in [-0.2, 0) is 0 Å². The van der Waals surface area contributed by atoms with Crippen LogP contribution in [0.5, 0.6) is 0 Å². The lowest BCUT2D eigenvalue weighted by Crippen LogP contribution is -1.97. The normalized spacial score (nSPS) is 17.4. The van der Waals surface area contributed by atoms with E-state index >= 15 is 0 Å². The molecule has 3 N–H and O–H groups in total. The molecule has 9 aromatic rings. The average molecular weight is 945 g/mol. The van der Waals surface area contributed by atoms with Crippen LogP contribution in [-0.4, -0.2) is 32.3 Å². The Morgan fingerprint density at radius 1 is 0.469 bits per heavy atom. The van der Waals surface area contributed by atoms with Gasteiger partial charge in [-0.25, -0.2) is 22.0 Å². The minimum Gasteiger partial charge on any atom is -0.361 e. The van der Waals surface area contributed by atoms with Gasteiger partial charge in [-0.15, -0.1) is 0 Å². The van der Waals surface area contributed by atoms with E-state index < -0.39 is 17.5 Å². The Morgan fingerprint density at radius 3 is 1.69 bits per heavy atom. The van der Waals surface area contributed by atoms with Gasteiger partial charge in [-0.3, -0.25) is 14.4 Å². The van der Waals surface area contributed by atoms with Crippen LogP contribution in [0.15, 0.2) is 126 Å². The second kappa shape index (κ2) is 16.2. The number of aromatic amines is 3. The van der Waals surface area contributed by atoms with Crippen LogP contribution < -0.4 is 0 Å². The smallest absolute Gasteiger partial charge is 0.164 e. The van der Waals surface area contributed by atoms with E-state index in [2.05, 4.69) is 30.9 Å². The standard InChI is InChI=1S/C17H11BrFNO.C17H11ClFNO.C17H10F3NO/c18-9-1-3-11-15(8-20-16(11)5-9)14-7-17(21)12-4-2-10(19)6-13(12)14;18-14-2-1-3-15-17(14)13(8-20-15)11-7-16(21)12-6-9(19)4-5-10(11)12;18-8-1-2-10-11(6-16(22)12(10)3-8)13-7-21-15-5-9(19)4-14(20)17(13)15/h1-6,8,14,20H,7H2;1-6,8,11,20H,7H2;1-5,7,11,21H,6H2. The highest BCUT2D eigenvalue weighted by Gasteiger charge is 2.35. The molecule has 13 heteroatoms. The molecule has 3 aromatic heterocycles. The number of Topliss-reactive ketones (excluding diaryl/α,β-unsaturated/α-hetero) is 3. The van der Waals surface area contributed by atoms with Crippen LogP contribution in [0.1, 0.15) is 101 Å². The Labute approximate surface area is 374 Å². The highest BCUT2D eigenvalue weighted by molar-refractivity contribution is 9.10. The molecule has 0 fully saturated rings. The van der Waals surface area contributed by atoms with E-state index in [1.807, 2.05) is 48.8 Å². The topological polar surface area (TPSA) is 98.6 Å². The fourth-order valence-corrected chi connectivity index (χ4v) is 10.2. The first-order valence-corrected chi connectivity index (χ1v) is 21.5. The number of rotatable bonds is 3. The summed E-state index contributed by atoms with van der Waals surface area (Å²) < 4.78 is 68.6. The van der Waals surface area contributed by atoms with E-state index in [4.69, 9.17) is 11.6 Å². The second-order valence-corrected chi connectivity index (χ2v) is 17.5. The molecule has 0 saturated heterocycles. The van der Waals surface area contributed by atoms with Crippen LogP contribution in [0.3, 0.4) is 0 Å². The maximum absolute atomic E-state index is 14.1. The number of ketones is 3. The molecule has 3 aliphatic carbocycles. The van der Waals surface area contributed by atoms with Crippen molar-refractivity contribution in [2.45, 2.75) is 37.0 Å². The van der Waals surface area contributed by atoms with Gasteiger partial charge in [-0.1, -0.05) is 51.8 Å². The van der Waals surface area contributed by atoms with E-state index in [0.717, 1.165) is 54.6 Å². The zero-order valence-corrected chi connectivity index (χ0v) is 35.6. The van der Waals surface area contributed by atoms with Crippen molar-refractivity contribution in [3.8, 4) is 0 Å². The van der Waals surface area contributed by atoms with Gasteiger partial charge in [0.05, 0.1) is 10.5 Å². The maximum atomic E-state index is 14.1. The van der Waals surface area contributed by atoms with E-state index in [9.17, 15) is 36.3 Å². The first-order chi connectivity index (χ1) is 30.8. The largest absolute Gasteiger partial charge is 0.361 e. The lowest BCUT2D eigenvalue weighted by Gasteiger charge is -2.10. The number of benzene rings is 6. The van der Waals surface area contributed by atoms with Crippen molar-refractivity contribution in [2.24, 2.45) is 0 Å². The molecule has 0 spiro atoms. The predicted molar refractivity (Wildman–Crippen MR) is 239 cm³/mol. The molecule has 6 aromatic carbocycles. The number of hydrogen-bond acceptors (Lipinski definition) is 3. The number of fused-ring (bicyclic) bond motifs is 6. The molecular weight excluding hydrogens is 913 g/mol. The van der Waals surface area contributed by atoms with Gasteiger partial charge in [0.15, 0.2) is 17.3 Å². The van der Waals surface area contributed by atoms with Gasteiger partial charge in [0.25, 0.3) is 0 Å². The maximum Gasteiger partial charge on any atom is 0.164 e. The summed E-state index contributed by atoms with van der Waals surface area (Å²) in [4.78, 5) is 45.6. The molecule has 0 radical (unpaired) electrons. The summed E-state index contributed by atoms with van der Waals surface area (Å²) in [5.74, 6) is -3.07. The molecule has 3 unspecified atom stereocenters. The summed E-state index contributed by atoms with van der Waals surface area (Å²) in [5.41, 5.74) is 8.75. The van der Waals surface area contributed by atoms with Crippen molar-refractivity contribution in [3.63, 3.8) is 0 Å². The molecule has 0 bridgehead atoms. The van der Waals surface area contributed by atoms with Gasteiger partial charge in [0, 0.05) is 110 Å². The van der Waals surface area contributed by atoms with Gasteiger partial charge in [-0.05, 0) is 106 Å². The molecule has 3 aliphatic rings. The molecule has 3 heterocycles. The number of nitrogens with one attached hydrogen (secondary N) is 3. The van der Waals surface area contributed by atoms with E-state index in [0.29, 0.717) is 51.2 Å². The number of carbonyl (C=O) groups excluding carboxylic acids is 3. The molecule has 0 amide bonds. The lowest BCUT2D eigenvalue weighted by atomic mass is 9.92. The molecule has 64 heavy (non-hydrogen) atoms. The quantitative estimate of drug-likeness (QED) is 0.154. The third kappa shape index (κ3) is 7.24. The van der Waals surface area contributed by atoms with Crippen molar-refractivity contribution >= 4 is 77.6 Å². The lowest BCUT2D eigenvalue weighted by molar-refractivity contribution is 0.0983. The molecule has 318 valence electrons. The Bertz CT molecular complexity index is 3410. The van der Waals surface area contributed by atoms with Crippen LogP contribution in [0.4, 0.5) is 22.0 Å². The van der Waals surface area contributed by atoms with E-state index in [-0.39, 0.29) is 58.5 Å². The number of halogens is 7. The van der Waals surface area contributed by atoms with Gasteiger partial charge in [0.1, 0.15) is 29.1 Å². The minimum atomic E-state index is -0.672. The number of carbonyl (C=O) groups is 3. The number of aromatic nitrogens is 3. The molecule has 3 atom stereocenters.